The highest BCUT2D eigenvalue weighted by Gasteiger charge is 2.13. The van der Waals surface area contributed by atoms with E-state index >= 15 is 0 Å². The number of Topliss-reactive ketones (excluding diaryl/α,β-unsaturated/α-hetero) is 1. The Morgan fingerprint density at radius 2 is 1.93 bits per heavy atom. The normalized spacial score (nSPS) is 10.8. The number of anilines is 1. The van der Waals surface area contributed by atoms with E-state index in [0.717, 1.165) is 47.2 Å². The fourth-order valence-electron chi connectivity index (χ4n) is 3.07. The Kier molecular flexibility index (Phi) is 5.97. The Labute approximate surface area is 164 Å². The molecule has 0 radical (unpaired) electrons. The molecule has 28 heavy (non-hydrogen) atoms. The third-order valence-corrected chi connectivity index (χ3v) is 4.54. The van der Waals surface area contributed by atoms with Gasteiger partial charge in [-0.25, -0.2) is 4.98 Å². The highest BCUT2D eigenvalue weighted by molar-refractivity contribution is 6.07. The van der Waals surface area contributed by atoms with Gasteiger partial charge >= 0.3 is 0 Å². The van der Waals surface area contributed by atoms with Crippen LogP contribution < -0.4 is 5.32 Å². The maximum Gasteiger partial charge on any atom is 0.163 e. The number of nitrogens with zero attached hydrogens (tertiary/aromatic N) is 4. The summed E-state index contributed by atoms with van der Waals surface area (Å²) in [6, 6.07) is 11.5. The average Bonchev–Trinajstić information content (AvgIpc) is 2.70. The Hall–Kier alpha value is -3.30. The van der Waals surface area contributed by atoms with Gasteiger partial charge in [-0.1, -0.05) is 6.07 Å². The van der Waals surface area contributed by atoms with Crippen molar-refractivity contribution in [2.24, 2.45) is 0 Å². The molecule has 0 fully saturated rings. The van der Waals surface area contributed by atoms with E-state index in [1.165, 1.54) is 0 Å². The van der Waals surface area contributed by atoms with Crippen molar-refractivity contribution >= 4 is 22.4 Å². The Morgan fingerprint density at radius 1 is 1.14 bits per heavy atom. The topological polar surface area (TPSA) is 81.9 Å². The summed E-state index contributed by atoms with van der Waals surface area (Å²) < 4.78 is 0. The van der Waals surface area contributed by atoms with Gasteiger partial charge in [-0.2, -0.15) is 5.26 Å². The number of nitriles is 1. The second-order valence-electron chi connectivity index (χ2n) is 6.96. The second kappa shape index (κ2) is 8.59. The number of rotatable bonds is 7. The number of pyridine rings is 2. The van der Waals surface area contributed by atoms with Crippen molar-refractivity contribution in [1.29, 1.82) is 5.26 Å². The first kappa shape index (κ1) is 19.5. The fraction of sp³-hybridized carbons (Fsp3) is 0.273. The Bertz CT molecular complexity index is 1040. The molecule has 3 rings (SSSR count). The molecule has 0 amide bonds. The molecule has 6 nitrogen and oxygen atoms in total. The summed E-state index contributed by atoms with van der Waals surface area (Å²) in [4.78, 5) is 22.9. The summed E-state index contributed by atoms with van der Waals surface area (Å²) in [5, 5.41) is 13.3. The summed E-state index contributed by atoms with van der Waals surface area (Å²) in [7, 11) is 4.08. The smallest absolute Gasteiger partial charge is 0.163 e. The van der Waals surface area contributed by atoms with E-state index in [0.29, 0.717) is 11.3 Å². The largest absolute Gasteiger partial charge is 0.384 e. The first-order valence-electron chi connectivity index (χ1n) is 9.18. The molecule has 0 bridgehead atoms. The molecule has 2 heterocycles. The molecule has 2 aromatic heterocycles. The van der Waals surface area contributed by atoms with Crippen molar-refractivity contribution in [3.05, 3.63) is 54.0 Å². The number of benzene rings is 1. The predicted octanol–water partition coefficient (Wildman–Crippen LogP) is 3.73. The average molecular weight is 373 g/mol. The number of fused-ring (bicyclic) bond motifs is 1. The van der Waals surface area contributed by atoms with E-state index in [4.69, 9.17) is 5.26 Å². The van der Waals surface area contributed by atoms with Crippen LogP contribution in [-0.4, -0.2) is 47.8 Å². The van der Waals surface area contributed by atoms with E-state index in [-0.39, 0.29) is 5.78 Å². The molecule has 1 aromatic carbocycles. The number of aromatic nitrogens is 2. The molecular formula is C22H23N5O. The lowest BCUT2D eigenvalue weighted by atomic mass is 10.0. The van der Waals surface area contributed by atoms with Gasteiger partial charge in [0.15, 0.2) is 5.78 Å². The highest BCUT2D eigenvalue weighted by atomic mass is 16.1. The van der Waals surface area contributed by atoms with Crippen molar-refractivity contribution < 1.29 is 4.79 Å². The zero-order valence-electron chi connectivity index (χ0n) is 16.4. The van der Waals surface area contributed by atoms with Gasteiger partial charge in [-0.3, -0.25) is 9.78 Å². The van der Waals surface area contributed by atoms with Gasteiger partial charge in [-0.05, 0) is 63.8 Å². The molecule has 0 atom stereocenters. The van der Waals surface area contributed by atoms with Gasteiger partial charge in [0, 0.05) is 29.9 Å². The van der Waals surface area contributed by atoms with Gasteiger partial charge in [0.1, 0.15) is 11.8 Å². The predicted molar refractivity (Wildman–Crippen MR) is 111 cm³/mol. The molecule has 6 heteroatoms. The van der Waals surface area contributed by atoms with Crippen LogP contribution in [0.25, 0.3) is 22.0 Å². The minimum absolute atomic E-state index is 0.0186. The molecule has 0 aliphatic rings. The van der Waals surface area contributed by atoms with Crippen LogP contribution in [0, 0.1) is 11.3 Å². The summed E-state index contributed by atoms with van der Waals surface area (Å²) in [6.07, 6.45) is 4.29. The molecule has 1 N–H and O–H groups in total. The van der Waals surface area contributed by atoms with Crippen molar-refractivity contribution in [2.75, 3.05) is 32.5 Å². The molecule has 0 saturated carbocycles. The quantitative estimate of drug-likeness (QED) is 0.502. The van der Waals surface area contributed by atoms with E-state index in [9.17, 15) is 4.79 Å². The van der Waals surface area contributed by atoms with E-state index < -0.39 is 0 Å². The van der Waals surface area contributed by atoms with Crippen molar-refractivity contribution in [3.63, 3.8) is 0 Å². The van der Waals surface area contributed by atoms with Gasteiger partial charge < -0.3 is 10.2 Å². The molecule has 142 valence electrons. The molecule has 0 spiro atoms. The Morgan fingerprint density at radius 3 is 2.57 bits per heavy atom. The third-order valence-electron chi connectivity index (χ3n) is 4.54. The van der Waals surface area contributed by atoms with Crippen LogP contribution in [0.5, 0.6) is 0 Å². The van der Waals surface area contributed by atoms with E-state index in [1.807, 2.05) is 44.4 Å². The zero-order valence-corrected chi connectivity index (χ0v) is 16.4. The van der Waals surface area contributed by atoms with Crippen LogP contribution in [0.2, 0.25) is 0 Å². The van der Waals surface area contributed by atoms with Crippen LogP contribution in [0.3, 0.4) is 0 Å². The first-order valence-corrected chi connectivity index (χ1v) is 9.18. The number of nitrogens with one attached hydrogen (secondary N) is 1. The monoisotopic (exact) mass is 373 g/mol. The van der Waals surface area contributed by atoms with Gasteiger partial charge in [0.2, 0.25) is 0 Å². The lowest BCUT2D eigenvalue weighted by Crippen LogP contribution is -2.17. The summed E-state index contributed by atoms with van der Waals surface area (Å²) >= 11 is 0. The first-order chi connectivity index (χ1) is 13.5. The molecule has 0 unspecified atom stereocenters. The minimum Gasteiger partial charge on any atom is -0.384 e. The summed E-state index contributed by atoms with van der Waals surface area (Å²) in [5.41, 5.74) is 4.49. The van der Waals surface area contributed by atoms with Gasteiger partial charge in [0.25, 0.3) is 0 Å². The minimum atomic E-state index is -0.0186. The zero-order chi connectivity index (χ0) is 20.1. The van der Waals surface area contributed by atoms with Crippen LogP contribution in [-0.2, 0) is 0 Å². The Balaban J connectivity index is 2.02. The number of hydrogen-bond acceptors (Lipinski definition) is 6. The maximum atomic E-state index is 12.1. The van der Waals surface area contributed by atoms with Crippen LogP contribution >= 0.6 is 0 Å². The molecular weight excluding hydrogens is 350 g/mol. The summed E-state index contributed by atoms with van der Waals surface area (Å²) in [5.74, 6) is -0.0186. The number of hydrogen-bond donors (Lipinski definition) is 1. The van der Waals surface area contributed by atoms with Crippen molar-refractivity contribution in [3.8, 4) is 17.2 Å². The number of carbonyl (C=O) groups excluding carboxylic acids is 1. The van der Waals surface area contributed by atoms with E-state index in [1.54, 1.807) is 25.4 Å². The van der Waals surface area contributed by atoms with Crippen LogP contribution in [0.15, 0.2) is 42.7 Å². The molecule has 0 aliphatic heterocycles. The standard InChI is InChI=1S/C22H23N5O/c1-15(28)20-14-26-21-8-6-16(17-5-7-18(12-23)25-13-17)11-19(21)22(20)24-9-4-10-27(2)3/h5-8,11,13-14H,4,9-10H2,1-3H3,(H,24,26). The molecule has 0 aliphatic carbocycles. The van der Waals surface area contributed by atoms with Gasteiger partial charge in [-0.15, -0.1) is 0 Å². The van der Waals surface area contributed by atoms with Crippen molar-refractivity contribution in [2.45, 2.75) is 13.3 Å². The summed E-state index contributed by atoms with van der Waals surface area (Å²) in [6.45, 7) is 3.29. The molecule has 0 saturated heterocycles. The SMILES string of the molecule is CC(=O)c1cnc2ccc(-c3ccc(C#N)nc3)cc2c1NCCCN(C)C. The fourth-order valence-corrected chi connectivity index (χ4v) is 3.07. The second-order valence-corrected chi connectivity index (χ2v) is 6.96. The lowest BCUT2D eigenvalue weighted by molar-refractivity contribution is 0.101. The molecule has 3 aromatic rings. The number of carbonyl (C=O) groups is 1. The lowest BCUT2D eigenvalue weighted by Gasteiger charge is -2.15. The van der Waals surface area contributed by atoms with E-state index in [2.05, 4.69) is 20.2 Å². The van der Waals surface area contributed by atoms with Crippen molar-refractivity contribution in [1.82, 2.24) is 14.9 Å². The van der Waals surface area contributed by atoms with Crippen LogP contribution in [0.4, 0.5) is 5.69 Å². The van der Waals surface area contributed by atoms with Crippen LogP contribution in [0.1, 0.15) is 29.4 Å². The third kappa shape index (κ3) is 4.33. The number of ketones is 1. The van der Waals surface area contributed by atoms with Gasteiger partial charge in [0.05, 0.1) is 16.8 Å². The maximum absolute atomic E-state index is 12.1. The highest BCUT2D eigenvalue weighted by Crippen LogP contribution is 2.30.